The maximum atomic E-state index is 10.4. The Balaban J connectivity index is 2.21. The van der Waals surface area contributed by atoms with Gasteiger partial charge in [0.25, 0.3) is 0 Å². The van der Waals surface area contributed by atoms with Gasteiger partial charge in [0.2, 0.25) is 0 Å². The first-order valence-electron chi connectivity index (χ1n) is 6.21. The summed E-state index contributed by atoms with van der Waals surface area (Å²) in [4.78, 5) is 0. The molecule has 0 saturated heterocycles. The van der Waals surface area contributed by atoms with E-state index in [9.17, 15) is 5.11 Å². The van der Waals surface area contributed by atoms with E-state index in [-0.39, 0.29) is 5.92 Å². The van der Waals surface area contributed by atoms with Crippen molar-refractivity contribution < 1.29 is 9.84 Å². The molecular formula is C14H21NO2. The fraction of sp³-hybridized carbons (Fsp3) is 0.571. The van der Waals surface area contributed by atoms with Crippen LogP contribution in [-0.2, 0) is 18.0 Å². The maximum Gasteiger partial charge on any atom is 0.0832 e. The van der Waals surface area contributed by atoms with Crippen molar-refractivity contribution in [3.05, 3.63) is 34.9 Å². The van der Waals surface area contributed by atoms with Gasteiger partial charge in [-0.3, -0.25) is 0 Å². The highest BCUT2D eigenvalue weighted by atomic mass is 16.5. The lowest BCUT2D eigenvalue weighted by atomic mass is 9.86. The van der Waals surface area contributed by atoms with E-state index in [0.29, 0.717) is 25.7 Å². The van der Waals surface area contributed by atoms with E-state index < -0.39 is 6.10 Å². The highest BCUT2D eigenvalue weighted by Crippen LogP contribution is 2.30. The van der Waals surface area contributed by atoms with Crippen molar-refractivity contribution in [3.63, 3.8) is 0 Å². The lowest BCUT2D eigenvalue weighted by Gasteiger charge is -2.25. The number of benzene rings is 1. The number of rotatable bonds is 4. The summed E-state index contributed by atoms with van der Waals surface area (Å²) in [6, 6.07) is 6.09. The molecule has 0 saturated carbocycles. The number of aliphatic hydroxyl groups excluding tert-OH is 1. The van der Waals surface area contributed by atoms with Crippen LogP contribution in [-0.4, -0.2) is 11.7 Å². The number of hydrogen-bond donors (Lipinski definition) is 2. The summed E-state index contributed by atoms with van der Waals surface area (Å²) in [5.74, 6) is 0.481. The minimum absolute atomic E-state index is 0.107. The molecule has 94 valence electrons. The van der Waals surface area contributed by atoms with Crippen LogP contribution in [0.5, 0.6) is 0 Å². The SMILES string of the molecule is CC(C)C(CN)C(O)c1ccc2c(c1)COC2. The second-order valence-corrected chi connectivity index (χ2v) is 5.11. The number of nitrogens with two attached hydrogens (primary N) is 1. The number of fused-ring (bicyclic) bond motifs is 1. The van der Waals surface area contributed by atoms with Crippen molar-refractivity contribution >= 4 is 0 Å². The van der Waals surface area contributed by atoms with E-state index in [2.05, 4.69) is 26.0 Å². The monoisotopic (exact) mass is 235 g/mol. The lowest BCUT2D eigenvalue weighted by molar-refractivity contribution is 0.0859. The predicted molar refractivity (Wildman–Crippen MR) is 67.3 cm³/mol. The van der Waals surface area contributed by atoms with Gasteiger partial charge in [-0.25, -0.2) is 0 Å². The van der Waals surface area contributed by atoms with Crippen LogP contribution in [0.1, 0.15) is 36.6 Å². The summed E-state index contributed by atoms with van der Waals surface area (Å²) >= 11 is 0. The summed E-state index contributed by atoms with van der Waals surface area (Å²) < 4.78 is 5.38. The standard InChI is InChI=1S/C14H21NO2/c1-9(2)13(6-15)14(16)10-3-4-11-7-17-8-12(11)5-10/h3-5,9,13-14,16H,6-8,15H2,1-2H3. The van der Waals surface area contributed by atoms with Crippen molar-refractivity contribution in [3.8, 4) is 0 Å². The third kappa shape index (κ3) is 2.51. The average Bonchev–Trinajstić information content (AvgIpc) is 2.75. The second-order valence-electron chi connectivity index (χ2n) is 5.11. The normalized spacial score (nSPS) is 18.2. The molecule has 0 aromatic heterocycles. The second kappa shape index (κ2) is 5.17. The molecular weight excluding hydrogens is 214 g/mol. The molecule has 0 bridgehead atoms. The molecule has 3 nitrogen and oxygen atoms in total. The number of hydrogen-bond acceptors (Lipinski definition) is 3. The summed E-state index contributed by atoms with van der Waals surface area (Å²) in [6.45, 7) is 6.04. The molecule has 1 aromatic rings. The smallest absolute Gasteiger partial charge is 0.0832 e. The summed E-state index contributed by atoms with van der Waals surface area (Å²) in [6.07, 6.45) is -0.481. The van der Waals surface area contributed by atoms with Crippen LogP contribution in [0.15, 0.2) is 18.2 Å². The van der Waals surface area contributed by atoms with Crippen molar-refractivity contribution in [2.45, 2.75) is 33.2 Å². The molecule has 0 spiro atoms. The molecule has 3 N–H and O–H groups in total. The first-order valence-corrected chi connectivity index (χ1v) is 6.21. The van der Waals surface area contributed by atoms with E-state index in [1.807, 2.05) is 6.07 Å². The summed E-state index contributed by atoms with van der Waals surface area (Å²) in [5.41, 5.74) is 9.12. The van der Waals surface area contributed by atoms with Crippen LogP contribution in [0.3, 0.4) is 0 Å². The Morgan fingerprint density at radius 1 is 1.29 bits per heavy atom. The van der Waals surface area contributed by atoms with E-state index in [4.69, 9.17) is 10.5 Å². The Morgan fingerprint density at radius 3 is 2.65 bits per heavy atom. The molecule has 1 aliphatic heterocycles. The van der Waals surface area contributed by atoms with Crippen LogP contribution in [0.4, 0.5) is 0 Å². The van der Waals surface area contributed by atoms with Crippen molar-refractivity contribution in [2.24, 2.45) is 17.6 Å². The highest BCUT2D eigenvalue weighted by molar-refractivity contribution is 5.34. The van der Waals surface area contributed by atoms with E-state index >= 15 is 0 Å². The van der Waals surface area contributed by atoms with Gasteiger partial charge >= 0.3 is 0 Å². The van der Waals surface area contributed by atoms with Gasteiger partial charge in [0.1, 0.15) is 0 Å². The van der Waals surface area contributed by atoms with Crippen molar-refractivity contribution in [1.82, 2.24) is 0 Å². The molecule has 0 radical (unpaired) electrons. The quantitative estimate of drug-likeness (QED) is 0.839. The molecule has 1 aromatic carbocycles. The molecule has 0 fully saturated rings. The molecule has 17 heavy (non-hydrogen) atoms. The molecule has 0 amide bonds. The van der Waals surface area contributed by atoms with Gasteiger partial charge < -0.3 is 15.6 Å². The van der Waals surface area contributed by atoms with Crippen LogP contribution in [0, 0.1) is 11.8 Å². The molecule has 2 rings (SSSR count). The first kappa shape index (κ1) is 12.6. The molecule has 1 aliphatic rings. The third-order valence-corrected chi connectivity index (χ3v) is 3.62. The zero-order valence-electron chi connectivity index (χ0n) is 10.5. The maximum absolute atomic E-state index is 10.4. The Hall–Kier alpha value is -0.900. The van der Waals surface area contributed by atoms with E-state index in [1.54, 1.807) is 0 Å². The zero-order chi connectivity index (χ0) is 12.4. The summed E-state index contributed by atoms with van der Waals surface area (Å²) in [5, 5.41) is 10.4. The van der Waals surface area contributed by atoms with Crippen LogP contribution >= 0.6 is 0 Å². The lowest BCUT2D eigenvalue weighted by Crippen LogP contribution is -2.26. The van der Waals surface area contributed by atoms with Crippen molar-refractivity contribution in [1.29, 1.82) is 0 Å². The Kier molecular flexibility index (Phi) is 3.82. The molecule has 2 unspecified atom stereocenters. The fourth-order valence-corrected chi connectivity index (χ4v) is 2.39. The summed E-state index contributed by atoms with van der Waals surface area (Å²) in [7, 11) is 0. The Labute approximate surface area is 103 Å². The molecule has 3 heteroatoms. The number of ether oxygens (including phenoxy) is 1. The average molecular weight is 235 g/mol. The van der Waals surface area contributed by atoms with Crippen LogP contribution in [0.2, 0.25) is 0 Å². The van der Waals surface area contributed by atoms with Gasteiger partial charge in [0, 0.05) is 5.92 Å². The van der Waals surface area contributed by atoms with Crippen molar-refractivity contribution in [2.75, 3.05) is 6.54 Å². The molecule has 2 atom stereocenters. The van der Waals surface area contributed by atoms with Gasteiger partial charge in [-0.1, -0.05) is 32.0 Å². The molecule has 1 heterocycles. The fourth-order valence-electron chi connectivity index (χ4n) is 2.39. The molecule has 0 aliphatic carbocycles. The highest BCUT2D eigenvalue weighted by Gasteiger charge is 2.24. The van der Waals surface area contributed by atoms with Gasteiger partial charge in [-0.05, 0) is 29.2 Å². The third-order valence-electron chi connectivity index (χ3n) is 3.62. The van der Waals surface area contributed by atoms with E-state index in [1.165, 1.54) is 11.1 Å². The first-order chi connectivity index (χ1) is 8.13. The largest absolute Gasteiger partial charge is 0.388 e. The Morgan fingerprint density at radius 2 is 2.00 bits per heavy atom. The van der Waals surface area contributed by atoms with Crippen LogP contribution in [0.25, 0.3) is 0 Å². The zero-order valence-corrected chi connectivity index (χ0v) is 10.5. The van der Waals surface area contributed by atoms with Crippen LogP contribution < -0.4 is 5.73 Å². The van der Waals surface area contributed by atoms with Gasteiger partial charge in [-0.2, -0.15) is 0 Å². The van der Waals surface area contributed by atoms with E-state index in [0.717, 1.165) is 5.56 Å². The number of aliphatic hydroxyl groups is 1. The minimum Gasteiger partial charge on any atom is -0.388 e. The van der Waals surface area contributed by atoms with Gasteiger partial charge in [0.15, 0.2) is 0 Å². The Bertz CT molecular complexity index is 390. The van der Waals surface area contributed by atoms with Gasteiger partial charge in [-0.15, -0.1) is 0 Å². The topological polar surface area (TPSA) is 55.5 Å². The minimum atomic E-state index is -0.481. The predicted octanol–water partition coefficient (Wildman–Crippen LogP) is 1.98. The van der Waals surface area contributed by atoms with Gasteiger partial charge in [0.05, 0.1) is 19.3 Å².